The predicted molar refractivity (Wildman–Crippen MR) is 66.2 cm³/mol. The van der Waals surface area contributed by atoms with Gasteiger partial charge in [0.25, 0.3) is 0 Å². The van der Waals surface area contributed by atoms with Crippen LogP contribution in [-0.2, 0) is 4.79 Å². The molecule has 0 aliphatic heterocycles. The molecule has 1 aromatic rings. The summed E-state index contributed by atoms with van der Waals surface area (Å²) in [7, 11) is 0. The van der Waals surface area contributed by atoms with Gasteiger partial charge in [-0.1, -0.05) is 0 Å². The summed E-state index contributed by atoms with van der Waals surface area (Å²) in [6.07, 6.45) is 1.91. The van der Waals surface area contributed by atoms with Gasteiger partial charge < -0.3 is 5.32 Å². The van der Waals surface area contributed by atoms with E-state index >= 15 is 0 Å². The van der Waals surface area contributed by atoms with E-state index in [2.05, 4.69) is 27.9 Å². The molecule has 1 N–H and O–H groups in total. The van der Waals surface area contributed by atoms with Crippen molar-refractivity contribution in [1.82, 2.24) is 0 Å². The minimum absolute atomic E-state index is 0.0497. The maximum absolute atomic E-state index is 11.2. The van der Waals surface area contributed by atoms with E-state index in [1.165, 1.54) is 15.3 Å². The number of amides is 1. The molecule has 0 fully saturated rings. The average molecular weight is 307 g/mol. The molecule has 0 saturated carbocycles. The van der Waals surface area contributed by atoms with Gasteiger partial charge in [0.15, 0.2) is 0 Å². The fourth-order valence-corrected chi connectivity index (χ4v) is 1.56. The predicted octanol–water partition coefficient (Wildman–Crippen LogP) is 2.59. The monoisotopic (exact) mass is 307 g/mol. The van der Waals surface area contributed by atoms with Gasteiger partial charge in [0.2, 0.25) is 5.91 Å². The third kappa shape index (κ3) is 3.99. The Morgan fingerprint density at radius 3 is 2.62 bits per heavy atom. The van der Waals surface area contributed by atoms with E-state index in [4.69, 9.17) is 0 Å². The summed E-state index contributed by atoms with van der Waals surface area (Å²) in [4.78, 5) is 11.2. The first-order valence-electron chi connectivity index (χ1n) is 3.76. The molecule has 1 amide bonds. The highest BCUT2D eigenvalue weighted by molar-refractivity contribution is 14.1. The van der Waals surface area contributed by atoms with Crippen LogP contribution in [0.5, 0.6) is 0 Å². The fraction of sp³-hybridized carbons (Fsp3) is 0.222. The van der Waals surface area contributed by atoms with Crippen LogP contribution >= 0.6 is 34.4 Å². The van der Waals surface area contributed by atoms with E-state index in [9.17, 15) is 4.79 Å². The number of carbonyl (C=O) groups is 1. The minimum atomic E-state index is 0.0497. The molecular formula is C9H10INOS. The van der Waals surface area contributed by atoms with E-state index in [-0.39, 0.29) is 5.91 Å². The van der Waals surface area contributed by atoms with Crippen LogP contribution < -0.4 is 5.32 Å². The number of thioether (sulfide) groups is 1. The average Bonchev–Trinajstić information content (AvgIpc) is 2.09. The Balaban J connectivity index is 2.54. The lowest BCUT2D eigenvalue weighted by molar-refractivity contribution is -0.113. The summed E-state index contributed by atoms with van der Waals surface area (Å²) in [6, 6.07) is 7.74. The van der Waals surface area contributed by atoms with Crippen molar-refractivity contribution in [1.29, 1.82) is 0 Å². The molecule has 0 saturated heterocycles. The molecule has 0 aliphatic carbocycles. The van der Waals surface area contributed by atoms with Crippen LogP contribution in [0.15, 0.2) is 24.3 Å². The number of benzene rings is 1. The van der Waals surface area contributed by atoms with Crippen molar-refractivity contribution in [2.24, 2.45) is 0 Å². The zero-order chi connectivity index (χ0) is 9.68. The van der Waals surface area contributed by atoms with Gasteiger partial charge in [0.05, 0.1) is 5.75 Å². The Hall–Kier alpha value is -0.230. The fourth-order valence-electron chi connectivity index (χ4n) is 0.861. The quantitative estimate of drug-likeness (QED) is 0.870. The highest BCUT2D eigenvalue weighted by Gasteiger charge is 1.99. The normalized spacial score (nSPS) is 9.69. The molecule has 1 rings (SSSR count). The molecular weight excluding hydrogens is 297 g/mol. The molecule has 0 aromatic heterocycles. The van der Waals surface area contributed by atoms with Crippen LogP contribution in [0.4, 0.5) is 5.69 Å². The van der Waals surface area contributed by atoms with Gasteiger partial charge >= 0.3 is 0 Å². The molecule has 13 heavy (non-hydrogen) atoms. The van der Waals surface area contributed by atoms with Crippen molar-refractivity contribution in [3.63, 3.8) is 0 Å². The SMILES string of the molecule is CSCC(=O)Nc1ccc(I)cc1. The van der Waals surface area contributed by atoms with E-state index in [0.717, 1.165) is 5.69 Å². The topological polar surface area (TPSA) is 29.1 Å². The van der Waals surface area contributed by atoms with Gasteiger partial charge in [0, 0.05) is 9.26 Å². The smallest absolute Gasteiger partial charge is 0.234 e. The number of hydrogen-bond acceptors (Lipinski definition) is 2. The summed E-state index contributed by atoms with van der Waals surface area (Å²) in [5.74, 6) is 0.556. The molecule has 0 atom stereocenters. The first kappa shape index (κ1) is 10.8. The van der Waals surface area contributed by atoms with Crippen LogP contribution in [0.3, 0.4) is 0 Å². The largest absolute Gasteiger partial charge is 0.325 e. The summed E-state index contributed by atoms with van der Waals surface area (Å²) >= 11 is 3.75. The number of carbonyl (C=O) groups excluding carboxylic acids is 1. The zero-order valence-corrected chi connectivity index (χ0v) is 10.2. The molecule has 0 spiro atoms. The Kier molecular flexibility index (Phi) is 4.58. The molecule has 4 heteroatoms. The van der Waals surface area contributed by atoms with Gasteiger partial charge in [-0.15, -0.1) is 0 Å². The Morgan fingerprint density at radius 1 is 1.46 bits per heavy atom. The lowest BCUT2D eigenvalue weighted by Gasteiger charge is -2.03. The second-order valence-electron chi connectivity index (χ2n) is 2.49. The number of anilines is 1. The molecule has 1 aromatic carbocycles. The first-order chi connectivity index (χ1) is 6.22. The Morgan fingerprint density at radius 2 is 2.08 bits per heavy atom. The Bertz CT molecular complexity index is 286. The van der Waals surface area contributed by atoms with Gasteiger partial charge in [0.1, 0.15) is 0 Å². The van der Waals surface area contributed by atoms with Gasteiger partial charge in [-0.2, -0.15) is 11.8 Å². The van der Waals surface area contributed by atoms with Crippen LogP contribution in [0.2, 0.25) is 0 Å². The van der Waals surface area contributed by atoms with Gasteiger partial charge in [-0.05, 0) is 53.1 Å². The molecule has 0 unspecified atom stereocenters. The molecule has 0 bridgehead atoms. The third-order valence-corrected chi connectivity index (χ3v) is 2.67. The standard InChI is InChI=1S/C9H10INOS/c1-13-6-9(12)11-8-4-2-7(10)3-5-8/h2-5H,6H2,1H3,(H,11,12). The van der Waals surface area contributed by atoms with Gasteiger partial charge in [-0.25, -0.2) is 0 Å². The molecule has 2 nitrogen and oxygen atoms in total. The second-order valence-corrected chi connectivity index (χ2v) is 4.60. The van der Waals surface area contributed by atoms with Crippen LogP contribution in [0.1, 0.15) is 0 Å². The van der Waals surface area contributed by atoms with E-state index < -0.39 is 0 Å². The summed E-state index contributed by atoms with van der Waals surface area (Å²) in [6.45, 7) is 0. The van der Waals surface area contributed by atoms with Crippen molar-refractivity contribution < 1.29 is 4.79 Å². The number of hydrogen-bond donors (Lipinski definition) is 1. The first-order valence-corrected chi connectivity index (χ1v) is 6.24. The number of halogens is 1. The molecule has 0 radical (unpaired) electrons. The van der Waals surface area contributed by atoms with Crippen molar-refractivity contribution in [2.45, 2.75) is 0 Å². The van der Waals surface area contributed by atoms with Gasteiger partial charge in [-0.3, -0.25) is 4.79 Å². The summed E-state index contributed by atoms with van der Waals surface area (Å²) in [5.41, 5.74) is 0.861. The summed E-state index contributed by atoms with van der Waals surface area (Å²) < 4.78 is 1.17. The Labute approximate surface area is 95.6 Å². The van der Waals surface area contributed by atoms with Crippen LogP contribution in [-0.4, -0.2) is 17.9 Å². The lowest BCUT2D eigenvalue weighted by atomic mass is 10.3. The summed E-state index contributed by atoms with van der Waals surface area (Å²) in [5, 5.41) is 2.81. The van der Waals surface area contributed by atoms with Crippen molar-refractivity contribution in [2.75, 3.05) is 17.3 Å². The van der Waals surface area contributed by atoms with Crippen molar-refractivity contribution >= 4 is 45.9 Å². The van der Waals surface area contributed by atoms with Crippen molar-refractivity contribution in [3.05, 3.63) is 27.8 Å². The highest BCUT2D eigenvalue weighted by Crippen LogP contribution is 2.11. The lowest BCUT2D eigenvalue weighted by Crippen LogP contribution is -2.13. The van der Waals surface area contributed by atoms with E-state index in [0.29, 0.717) is 5.75 Å². The molecule has 70 valence electrons. The van der Waals surface area contributed by atoms with Crippen LogP contribution in [0.25, 0.3) is 0 Å². The number of nitrogens with one attached hydrogen (secondary N) is 1. The third-order valence-electron chi connectivity index (χ3n) is 1.40. The minimum Gasteiger partial charge on any atom is -0.325 e. The van der Waals surface area contributed by atoms with E-state index in [1.807, 2.05) is 30.5 Å². The highest BCUT2D eigenvalue weighted by atomic mass is 127. The molecule has 0 heterocycles. The van der Waals surface area contributed by atoms with E-state index in [1.54, 1.807) is 0 Å². The van der Waals surface area contributed by atoms with Crippen LogP contribution in [0, 0.1) is 3.57 Å². The number of rotatable bonds is 3. The molecule has 0 aliphatic rings. The second kappa shape index (κ2) is 5.49. The maximum Gasteiger partial charge on any atom is 0.234 e. The zero-order valence-electron chi connectivity index (χ0n) is 7.21. The maximum atomic E-state index is 11.2. The van der Waals surface area contributed by atoms with Crippen molar-refractivity contribution in [3.8, 4) is 0 Å².